The Balaban J connectivity index is 1.57. The van der Waals surface area contributed by atoms with Gasteiger partial charge < -0.3 is 20.1 Å². The lowest BCUT2D eigenvalue weighted by Gasteiger charge is -2.25. The van der Waals surface area contributed by atoms with Gasteiger partial charge in [0, 0.05) is 6.54 Å². The molecule has 2 atom stereocenters. The van der Waals surface area contributed by atoms with Crippen LogP contribution in [0.3, 0.4) is 0 Å². The average molecular weight is 467 g/mol. The van der Waals surface area contributed by atoms with Crippen LogP contribution in [0.5, 0.6) is 5.75 Å². The highest BCUT2D eigenvalue weighted by molar-refractivity contribution is 5.86. The predicted molar refractivity (Wildman–Crippen MR) is 134 cm³/mol. The first-order chi connectivity index (χ1) is 16.6. The summed E-state index contributed by atoms with van der Waals surface area (Å²) in [5.41, 5.74) is 8.11. The second-order valence-corrected chi connectivity index (χ2v) is 8.92. The molecule has 0 bridgehead atoms. The number of ether oxygens (including phenoxy) is 2. The molecule has 0 radical (unpaired) electrons. The normalized spacial score (nSPS) is 17.7. The summed E-state index contributed by atoms with van der Waals surface area (Å²) in [4.78, 5) is 27.1. The Bertz CT molecular complexity index is 885. The van der Waals surface area contributed by atoms with E-state index in [0.717, 1.165) is 44.4 Å². The fourth-order valence-electron chi connectivity index (χ4n) is 4.53. The lowest BCUT2D eigenvalue weighted by Crippen LogP contribution is -2.38. The summed E-state index contributed by atoms with van der Waals surface area (Å²) in [5.74, 6) is 0.184. The number of esters is 1. The highest BCUT2D eigenvalue weighted by Gasteiger charge is 2.40. The zero-order valence-corrected chi connectivity index (χ0v) is 20.3. The number of likely N-dealkylation sites (tertiary alicyclic amines) is 1. The Labute approximate surface area is 203 Å². The smallest absolute Gasteiger partial charge is 0.306 e. The molecule has 2 aromatic rings. The van der Waals surface area contributed by atoms with Crippen molar-refractivity contribution >= 4 is 11.9 Å². The van der Waals surface area contributed by atoms with Crippen LogP contribution in [-0.4, -0.2) is 49.1 Å². The minimum absolute atomic E-state index is 0.0324. The summed E-state index contributed by atoms with van der Waals surface area (Å²) in [5, 5.41) is 0. The molecule has 34 heavy (non-hydrogen) atoms. The number of nitrogens with two attached hydrogens (primary N) is 1. The number of rotatable bonds is 14. The molecule has 0 aliphatic carbocycles. The fraction of sp³-hybridized carbons (Fsp3) is 0.500. The number of benzene rings is 2. The van der Waals surface area contributed by atoms with Crippen LogP contribution in [0.1, 0.15) is 50.2 Å². The second kappa shape index (κ2) is 13.8. The van der Waals surface area contributed by atoms with E-state index in [9.17, 15) is 9.59 Å². The van der Waals surface area contributed by atoms with Crippen molar-refractivity contribution in [3.63, 3.8) is 0 Å². The lowest BCUT2D eigenvalue weighted by atomic mass is 10.0. The van der Waals surface area contributed by atoms with Gasteiger partial charge in [0.1, 0.15) is 12.4 Å². The first kappa shape index (κ1) is 25.8. The molecule has 2 N–H and O–H groups in total. The van der Waals surface area contributed by atoms with E-state index in [4.69, 9.17) is 15.2 Å². The van der Waals surface area contributed by atoms with Gasteiger partial charge in [0.05, 0.1) is 25.0 Å². The predicted octanol–water partition coefficient (Wildman–Crippen LogP) is 4.15. The summed E-state index contributed by atoms with van der Waals surface area (Å²) in [7, 11) is 0. The molecule has 2 aromatic carbocycles. The van der Waals surface area contributed by atoms with E-state index in [0.29, 0.717) is 26.2 Å². The molecule has 0 aromatic heterocycles. The minimum Gasteiger partial charge on any atom is -0.491 e. The van der Waals surface area contributed by atoms with Gasteiger partial charge in [0.2, 0.25) is 5.91 Å². The summed E-state index contributed by atoms with van der Waals surface area (Å²) < 4.78 is 11.2. The maximum Gasteiger partial charge on any atom is 0.306 e. The van der Waals surface area contributed by atoms with E-state index in [2.05, 4.69) is 24.3 Å². The fourth-order valence-corrected chi connectivity index (χ4v) is 4.53. The molecule has 1 aliphatic rings. The number of unbranched alkanes of at least 4 members (excludes halogenated alkanes) is 1. The van der Waals surface area contributed by atoms with Crippen molar-refractivity contribution in [2.75, 3.05) is 26.3 Å². The van der Waals surface area contributed by atoms with Crippen LogP contribution in [0.2, 0.25) is 0 Å². The zero-order valence-electron chi connectivity index (χ0n) is 20.3. The van der Waals surface area contributed by atoms with E-state index in [1.807, 2.05) is 35.2 Å². The maximum atomic E-state index is 13.1. The van der Waals surface area contributed by atoms with Gasteiger partial charge >= 0.3 is 5.97 Å². The number of hydrogen-bond donors (Lipinski definition) is 1. The Morgan fingerprint density at radius 2 is 1.71 bits per heavy atom. The average Bonchev–Trinajstić information content (AvgIpc) is 3.13. The van der Waals surface area contributed by atoms with Crippen molar-refractivity contribution in [1.82, 2.24) is 4.90 Å². The van der Waals surface area contributed by atoms with Gasteiger partial charge in [0.25, 0.3) is 0 Å². The molecule has 3 rings (SSSR count). The largest absolute Gasteiger partial charge is 0.491 e. The topological polar surface area (TPSA) is 81.9 Å². The SMILES string of the molecule is CCOC(=O)C[C@@H]1C[C@@H](COc2ccc(CCCCN)cc2)N(CCCc2ccccc2)C1=O. The monoisotopic (exact) mass is 466 g/mol. The molecule has 6 nitrogen and oxygen atoms in total. The molecule has 0 unspecified atom stereocenters. The first-order valence-corrected chi connectivity index (χ1v) is 12.5. The van der Waals surface area contributed by atoms with Gasteiger partial charge in [-0.3, -0.25) is 9.59 Å². The van der Waals surface area contributed by atoms with Crippen LogP contribution in [0.15, 0.2) is 54.6 Å². The van der Waals surface area contributed by atoms with Gasteiger partial charge in [-0.15, -0.1) is 0 Å². The van der Waals surface area contributed by atoms with Crippen LogP contribution >= 0.6 is 0 Å². The number of nitrogens with zero attached hydrogens (tertiary/aromatic N) is 1. The van der Waals surface area contributed by atoms with Gasteiger partial charge in [-0.1, -0.05) is 42.5 Å². The summed E-state index contributed by atoms with van der Waals surface area (Å²) >= 11 is 0. The van der Waals surface area contributed by atoms with Gasteiger partial charge in [-0.25, -0.2) is 0 Å². The van der Waals surface area contributed by atoms with Crippen molar-refractivity contribution in [2.24, 2.45) is 11.7 Å². The summed E-state index contributed by atoms with van der Waals surface area (Å²) in [6.45, 7) is 3.91. The van der Waals surface area contributed by atoms with Crippen LogP contribution in [0, 0.1) is 5.92 Å². The molecule has 1 amide bonds. The molecule has 1 saturated heterocycles. The van der Waals surface area contributed by atoms with Gasteiger partial charge in [0.15, 0.2) is 0 Å². The van der Waals surface area contributed by atoms with E-state index in [1.54, 1.807) is 6.92 Å². The number of carbonyl (C=O) groups is 2. The third-order valence-electron chi connectivity index (χ3n) is 6.34. The molecule has 0 saturated carbocycles. The highest BCUT2D eigenvalue weighted by atomic mass is 16.5. The van der Waals surface area contributed by atoms with Crippen LogP contribution in [0.25, 0.3) is 0 Å². The van der Waals surface area contributed by atoms with E-state index in [1.165, 1.54) is 11.1 Å². The molecule has 6 heteroatoms. The molecule has 1 heterocycles. The van der Waals surface area contributed by atoms with E-state index in [-0.39, 0.29) is 30.3 Å². The molecule has 0 spiro atoms. The maximum absolute atomic E-state index is 13.1. The van der Waals surface area contributed by atoms with Gasteiger partial charge in [-0.05, 0) is 75.3 Å². The number of hydrogen-bond acceptors (Lipinski definition) is 5. The Morgan fingerprint density at radius 3 is 2.41 bits per heavy atom. The summed E-state index contributed by atoms with van der Waals surface area (Å²) in [6, 6.07) is 18.4. The highest BCUT2D eigenvalue weighted by Crippen LogP contribution is 2.29. The molecular formula is C28H38N2O4. The van der Waals surface area contributed by atoms with E-state index >= 15 is 0 Å². The third-order valence-corrected chi connectivity index (χ3v) is 6.34. The van der Waals surface area contributed by atoms with Crippen LogP contribution < -0.4 is 10.5 Å². The molecule has 1 fully saturated rings. The van der Waals surface area contributed by atoms with Crippen LogP contribution in [0.4, 0.5) is 0 Å². The van der Waals surface area contributed by atoms with Crippen LogP contribution in [-0.2, 0) is 27.2 Å². The second-order valence-electron chi connectivity index (χ2n) is 8.92. The van der Waals surface area contributed by atoms with Crippen molar-refractivity contribution in [1.29, 1.82) is 0 Å². The number of amides is 1. The summed E-state index contributed by atoms with van der Waals surface area (Å²) in [6.07, 6.45) is 5.65. The van der Waals surface area contributed by atoms with Gasteiger partial charge in [-0.2, -0.15) is 0 Å². The first-order valence-electron chi connectivity index (χ1n) is 12.5. The third kappa shape index (κ3) is 7.87. The van der Waals surface area contributed by atoms with Crippen molar-refractivity contribution < 1.29 is 19.1 Å². The zero-order chi connectivity index (χ0) is 24.2. The van der Waals surface area contributed by atoms with Crippen molar-refractivity contribution in [3.8, 4) is 5.75 Å². The Hall–Kier alpha value is -2.86. The standard InChI is InChI=1S/C28H38N2O4/c1-2-33-27(31)20-24-19-25(21-34-26-15-13-23(14-16-26)11-6-7-17-29)30(28(24)32)18-8-12-22-9-4-3-5-10-22/h3-5,9-10,13-16,24-25H,2,6-8,11-12,17-21,29H2,1H3/t24-,25-/m0/s1. The Morgan fingerprint density at radius 1 is 1.00 bits per heavy atom. The van der Waals surface area contributed by atoms with E-state index < -0.39 is 0 Å². The lowest BCUT2D eigenvalue weighted by molar-refractivity contribution is -0.147. The van der Waals surface area contributed by atoms with Crippen molar-refractivity contribution in [3.05, 3.63) is 65.7 Å². The molecule has 1 aliphatic heterocycles. The number of aryl methyl sites for hydroxylation is 2. The number of carbonyl (C=O) groups excluding carboxylic acids is 2. The Kier molecular flexibility index (Phi) is 10.4. The molecular weight excluding hydrogens is 428 g/mol. The minimum atomic E-state index is -0.339. The molecule has 184 valence electrons. The quantitative estimate of drug-likeness (QED) is 0.334. The van der Waals surface area contributed by atoms with Crippen molar-refractivity contribution in [2.45, 2.75) is 57.9 Å².